The first-order valence-corrected chi connectivity index (χ1v) is 6.25. The van der Waals surface area contributed by atoms with Gasteiger partial charge in [0.25, 0.3) is 0 Å². The highest BCUT2D eigenvalue weighted by atomic mass is 79.9. The Morgan fingerprint density at radius 2 is 2.06 bits per heavy atom. The van der Waals surface area contributed by atoms with Crippen molar-refractivity contribution in [2.45, 2.75) is 32.9 Å². The minimum Gasteiger partial charge on any atom is -0.393 e. The second kappa shape index (κ2) is 5.28. The van der Waals surface area contributed by atoms with E-state index < -0.39 is 12.3 Å². The van der Waals surface area contributed by atoms with E-state index in [2.05, 4.69) is 29.8 Å². The third-order valence-electron chi connectivity index (χ3n) is 2.58. The predicted octanol–water partition coefficient (Wildman–Crippen LogP) is 3.82. The molecule has 1 atom stereocenters. The van der Waals surface area contributed by atoms with Crippen molar-refractivity contribution in [3.05, 3.63) is 33.8 Å². The van der Waals surface area contributed by atoms with E-state index in [9.17, 15) is 4.39 Å². The van der Waals surface area contributed by atoms with Crippen LogP contribution in [0, 0.1) is 5.92 Å². The van der Waals surface area contributed by atoms with Gasteiger partial charge in [-0.2, -0.15) is 0 Å². The number of alkyl halides is 1. The van der Waals surface area contributed by atoms with Crippen LogP contribution in [0.4, 0.5) is 4.39 Å². The average molecular weight is 289 g/mol. The summed E-state index contributed by atoms with van der Waals surface area (Å²) in [6.45, 7) is 5.18. The molecule has 16 heavy (non-hydrogen) atoms. The Hall–Kier alpha value is -0.410. The van der Waals surface area contributed by atoms with Crippen molar-refractivity contribution in [1.82, 2.24) is 0 Å². The van der Waals surface area contributed by atoms with Crippen LogP contribution in [-0.4, -0.2) is 11.7 Å². The van der Waals surface area contributed by atoms with E-state index in [1.54, 1.807) is 12.1 Å². The quantitative estimate of drug-likeness (QED) is 0.893. The molecule has 1 aromatic carbocycles. The molecule has 0 spiro atoms. The van der Waals surface area contributed by atoms with Crippen LogP contribution >= 0.6 is 15.9 Å². The van der Waals surface area contributed by atoms with Crippen LogP contribution in [0.1, 0.15) is 31.9 Å². The lowest BCUT2D eigenvalue weighted by Crippen LogP contribution is -2.20. The van der Waals surface area contributed by atoms with E-state index in [4.69, 9.17) is 5.11 Å². The second-order valence-electron chi connectivity index (χ2n) is 4.76. The Morgan fingerprint density at radius 1 is 1.44 bits per heavy atom. The zero-order valence-corrected chi connectivity index (χ0v) is 11.5. The molecule has 90 valence electrons. The van der Waals surface area contributed by atoms with Crippen LogP contribution in [0.3, 0.4) is 0 Å². The summed E-state index contributed by atoms with van der Waals surface area (Å²) in [5, 5.41) is 8.96. The van der Waals surface area contributed by atoms with Gasteiger partial charge in [-0.25, -0.2) is 4.39 Å². The average Bonchev–Trinajstić information content (AvgIpc) is 2.20. The molecule has 0 saturated heterocycles. The molecule has 1 rings (SSSR count). The molecular formula is C13H18BrFO. The molecule has 0 aliphatic heterocycles. The molecule has 1 unspecified atom stereocenters. The minimum absolute atomic E-state index is 0.497. The Bertz CT molecular complexity index is 361. The summed E-state index contributed by atoms with van der Waals surface area (Å²) in [5.74, 6) is 0.566. The van der Waals surface area contributed by atoms with Crippen LogP contribution in [0.5, 0.6) is 0 Å². The zero-order chi connectivity index (χ0) is 12.3. The number of benzene rings is 1. The van der Waals surface area contributed by atoms with Crippen molar-refractivity contribution >= 4 is 15.9 Å². The van der Waals surface area contributed by atoms with Crippen LogP contribution in [0.2, 0.25) is 0 Å². The highest BCUT2D eigenvalue weighted by Gasteiger charge is 2.25. The van der Waals surface area contributed by atoms with Gasteiger partial charge in [0.15, 0.2) is 5.67 Å². The van der Waals surface area contributed by atoms with Gasteiger partial charge in [-0.3, -0.25) is 0 Å². The molecule has 0 aliphatic rings. The number of aliphatic hydroxyl groups excluding tert-OH is 1. The SMILES string of the molecule is CC(C)Cc1ccc(C(C)(F)CO)cc1Br. The molecule has 0 aromatic heterocycles. The van der Waals surface area contributed by atoms with E-state index in [0.717, 1.165) is 10.9 Å². The van der Waals surface area contributed by atoms with Gasteiger partial charge in [0.1, 0.15) is 0 Å². The molecule has 1 nitrogen and oxygen atoms in total. The fraction of sp³-hybridized carbons (Fsp3) is 0.538. The Kier molecular flexibility index (Phi) is 4.51. The highest BCUT2D eigenvalue weighted by molar-refractivity contribution is 9.10. The number of hydrogen-bond donors (Lipinski definition) is 1. The fourth-order valence-electron chi connectivity index (χ4n) is 1.57. The first kappa shape index (κ1) is 13.7. The smallest absolute Gasteiger partial charge is 0.156 e. The number of aliphatic hydroxyl groups is 1. The first-order chi connectivity index (χ1) is 7.36. The number of hydrogen-bond acceptors (Lipinski definition) is 1. The lowest BCUT2D eigenvalue weighted by Gasteiger charge is -2.19. The molecular weight excluding hydrogens is 271 g/mol. The minimum atomic E-state index is -1.67. The second-order valence-corrected chi connectivity index (χ2v) is 5.61. The summed E-state index contributed by atoms with van der Waals surface area (Å²) in [5.41, 5.74) is 0.0145. The Balaban J connectivity index is 2.99. The molecule has 0 bridgehead atoms. The van der Waals surface area contributed by atoms with Gasteiger partial charge in [0, 0.05) is 4.47 Å². The molecule has 0 saturated carbocycles. The Labute approximate surface area is 105 Å². The largest absolute Gasteiger partial charge is 0.393 e. The monoisotopic (exact) mass is 288 g/mol. The van der Waals surface area contributed by atoms with Gasteiger partial charge in [-0.05, 0) is 36.5 Å². The number of halogens is 2. The summed E-state index contributed by atoms with van der Waals surface area (Å²) < 4.78 is 14.8. The van der Waals surface area contributed by atoms with Gasteiger partial charge in [-0.1, -0.05) is 41.9 Å². The maximum atomic E-state index is 13.9. The van der Waals surface area contributed by atoms with E-state index in [-0.39, 0.29) is 0 Å². The van der Waals surface area contributed by atoms with Crippen molar-refractivity contribution in [2.24, 2.45) is 5.92 Å². The molecule has 3 heteroatoms. The molecule has 1 aromatic rings. The standard InChI is InChI=1S/C13H18BrFO/c1-9(2)6-10-4-5-11(7-12(10)14)13(3,15)8-16/h4-5,7,9,16H,6,8H2,1-3H3. The van der Waals surface area contributed by atoms with Crippen molar-refractivity contribution in [2.75, 3.05) is 6.61 Å². The normalized spacial score (nSPS) is 15.2. The summed E-state index contributed by atoms with van der Waals surface area (Å²) in [6, 6.07) is 5.43. The topological polar surface area (TPSA) is 20.2 Å². The summed E-state index contributed by atoms with van der Waals surface area (Å²) in [6.07, 6.45) is 0.961. The van der Waals surface area contributed by atoms with Crippen molar-refractivity contribution in [1.29, 1.82) is 0 Å². The molecule has 0 fully saturated rings. The van der Waals surface area contributed by atoms with Crippen LogP contribution in [-0.2, 0) is 12.1 Å². The lowest BCUT2D eigenvalue weighted by molar-refractivity contribution is 0.0867. The summed E-state index contributed by atoms with van der Waals surface area (Å²) in [7, 11) is 0. The number of rotatable bonds is 4. The maximum absolute atomic E-state index is 13.9. The molecule has 1 N–H and O–H groups in total. The summed E-state index contributed by atoms with van der Waals surface area (Å²) >= 11 is 3.45. The summed E-state index contributed by atoms with van der Waals surface area (Å²) in [4.78, 5) is 0. The Morgan fingerprint density at radius 3 is 2.50 bits per heavy atom. The maximum Gasteiger partial charge on any atom is 0.156 e. The molecule has 0 radical (unpaired) electrons. The van der Waals surface area contributed by atoms with Gasteiger partial charge >= 0.3 is 0 Å². The van der Waals surface area contributed by atoms with Crippen molar-refractivity contribution in [3.8, 4) is 0 Å². The van der Waals surface area contributed by atoms with Gasteiger partial charge in [0.05, 0.1) is 6.61 Å². The van der Waals surface area contributed by atoms with Crippen LogP contribution in [0.15, 0.2) is 22.7 Å². The highest BCUT2D eigenvalue weighted by Crippen LogP contribution is 2.29. The van der Waals surface area contributed by atoms with Gasteiger partial charge in [0.2, 0.25) is 0 Å². The van der Waals surface area contributed by atoms with E-state index in [1.807, 2.05) is 6.07 Å². The van der Waals surface area contributed by atoms with E-state index in [1.165, 1.54) is 12.5 Å². The van der Waals surface area contributed by atoms with Crippen LogP contribution < -0.4 is 0 Å². The lowest BCUT2D eigenvalue weighted by atomic mass is 9.95. The van der Waals surface area contributed by atoms with Gasteiger partial charge in [-0.15, -0.1) is 0 Å². The molecule has 0 heterocycles. The molecule has 0 amide bonds. The van der Waals surface area contributed by atoms with Crippen molar-refractivity contribution in [3.63, 3.8) is 0 Å². The third kappa shape index (κ3) is 3.29. The zero-order valence-electron chi connectivity index (χ0n) is 9.93. The first-order valence-electron chi connectivity index (χ1n) is 5.45. The third-order valence-corrected chi connectivity index (χ3v) is 3.32. The van der Waals surface area contributed by atoms with Crippen LogP contribution in [0.25, 0.3) is 0 Å². The van der Waals surface area contributed by atoms with Crippen molar-refractivity contribution < 1.29 is 9.50 Å². The molecule has 0 aliphatic carbocycles. The van der Waals surface area contributed by atoms with E-state index in [0.29, 0.717) is 11.5 Å². The predicted molar refractivity (Wildman–Crippen MR) is 68.2 cm³/mol. The fourth-order valence-corrected chi connectivity index (χ4v) is 2.11. The van der Waals surface area contributed by atoms with Gasteiger partial charge < -0.3 is 5.11 Å². The van der Waals surface area contributed by atoms with E-state index >= 15 is 0 Å².